The molecule has 0 aromatic heterocycles. The van der Waals surface area contributed by atoms with Crippen molar-refractivity contribution in [1.29, 1.82) is 0 Å². The Morgan fingerprint density at radius 3 is 2.10 bits per heavy atom. The van der Waals surface area contributed by atoms with Crippen molar-refractivity contribution in [1.82, 2.24) is 0 Å². The third-order valence-corrected chi connectivity index (χ3v) is 8.30. The average molecular weight is 429 g/mol. The lowest BCUT2D eigenvalue weighted by Gasteiger charge is -2.22. The van der Waals surface area contributed by atoms with Crippen LogP contribution in [-0.4, -0.2) is 31.5 Å². The van der Waals surface area contributed by atoms with E-state index in [1.807, 2.05) is 13.8 Å². The molecule has 170 valence electrons. The maximum absolute atomic E-state index is 13.5. The van der Waals surface area contributed by atoms with E-state index in [4.69, 9.17) is 9.26 Å². The normalized spacial score (nSPS) is 17.8. The highest BCUT2D eigenvalue weighted by atomic mass is 31.2. The lowest BCUT2D eigenvalue weighted by atomic mass is 9.88. The zero-order valence-electron chi connectivity index (χ0n) is 19.3. The van der Waals surface area contributed by atoms with Gasteiger partial charge in [-0.2, -0.15) is 0 Å². The monoisotopic (exact) mass is 428 g/mol. The van der Waals surface area contributed by atoms with Crippen molar-refractivity contribution < 1.29 is 18.6 Å². The number of rotatable bonds is 16. The summed E-state index contributed by atoms with van der Waals surface area (Å²) in [4.78, 5) is 12.5. The topological polar surface area (TPSA) is 52.6 Å². The first-order chi connectivity index (χ1) is 14.0. The van der Waals surface area contributed by atoms with Gasteiger partial charge < -0.3 is 9.26 Å². The van der Waals surface area contributed by atoms with Gasteiger partial charge in [-0.1, -0.05) is 77.2 Å². The van der Waals surface area contributed by atoms with Crippen molar-refractivity contribution in [3.05, 3.63) is 11.6 Å². The second kappa shape index (κ2) is 16.1. The molecule has 1 fully saturated rings. The molecule has 0 amide bonds. The van der Waals surface area contributed by atoms with Gasteiger partial charge in [-0.15, -0.1) is 0 Å². The van der Waals surface area contributed by atoms with Gasteiger partial charge in [0, 0.05) is 11.7 Å². The quantitative estimate of drug-likeness (QED) is 0.110. The minimum absolute atomic E-state index is 0.229. The molecule has 0 radical (unpaired) electrons. The summed E-state index contributed by atoms with van der Waals surface area (Å²) < 4.78 is 24.5. The molecule has 29 heavy (non-hydrogen) atoms. The minimum atomic E-state index is -2.86. The third kappa shape index (κ3) is 12.0. The van der Waals surface area contributed by atoms with Gasteiger partial charge in [0.05, 0.1) is 19.4 Å². The molecule has 1 rings (SSSR count). The van der Waals surface area contributed by atoms with Crippen LogP contribution < -0.4 is 0 Å². The van der Waals surface area contributed by atoms with E-state index < -0.39 is 7.37 Å². The van der Waals surface area contributed by atoms with Crippen LogP contribution in [0.2, 0.25) is 0 Å². The fraction of sp³-hybridized carbons (Fsp3) is 0.875. The van der Waals surface area contributed by atoms with E-state index in [0.29, 0.717) is 30.9 Å². The van der Waals surface area contributed by atoms with E-state index in [-0.39, 0.29) is 12.1 Å². The second-order valence-electron chi connectivity index (χ2n) is 8.40. The Morgan fingerprint density at radius 2 is 1.52 bits per heavy atom. The van der Waals surface area contributed by atoms with E-state index in [9.17, 15) is 9.36 Å². The summed E-state index contributed by atoms with van der Waals surface area (Å²) in [6, 6.07) is 0. The Hall–Kier alpha value is -0.600. The van der Waals surface area contributed by atoms with Crippen molar-refractivity contribution in [3.63, 3.8) is 0 Å². The lowest BCUT2D eigenvalue weighted by Crippen LogP contribution is -2.16. The molecule has 4 nitrogen and oxygen atoms in total. The first kappa shape index (κ1) is 26.4. The van der Waals surface area contributed by atoms with Crippen LogP contribution in [-0.2, 0) is 18.6 Å². The molecule has 1 unspecified atom stereocenters. The first-order valence-corrected chi connectivity index (χ1v) is 14.1. The zero-order chi connectivity index (χ0) is 21.4. The molecule has 1 atom stereocenters. The summed E-state index contributed by atoms with van der Waals surface area (Å²) in [5, 5.41) is 0. The number of hydrogen-bond donors (Lipinski definition) is 0. The molecular formula is C24H45O4P. The lowest BCUT2D eigenvalue weighted by molar-refractivity contribution is -0.138. The van der Waals surface area contributed by atoms with Crippen molar-refractivity contribution in [2.45, 2.75) is 104 Å². The summed E-state index contributed by atoms with van der Waals surface area (Å²) in [5.74, 6) is 0.0929. The van der Waals surface area contributed by atoms with Gasteiger partial charge in [-0.25, -0.2) is 4.79 Å². The largest absolute Gasteiger partial charge is 0.463 e. The van der Waals surface area contributed by atoms with E-state index in [1.165, 1.54) is 57.8 Å². The number of unbranched alkanes of at least 4 members (excludes halogenated alkanes) is 7. The molecular weight excluding hydrogens is 383 g/mol. The van der Waals surface area contributed by atoms with Crippen LogP contribution in [0.5, 0.6) is 0 Å². The van der Waals surface area contributed by atoms with E-state index >= 15 is 0 Å². The highest BCUT2D eigenvalue weighted by Gasteiger charge is 2.28. The van der Waals surface area contributed by atoms with Gasteiger partial charge in [0.2, 0.25) is 7.37 Å². The van der Waals surface area contributed by atoms with Gasteiger partial charge >= 0.3 is 5.97 Å². The Labute approximate surface area is 179 Å². The molecule has 0 aromatic rings. The number of allylic oxidation sites excluding steroid dienone is 1. The summed E-state index contributed by atoms with van der Waals surface area (Å²) >= 11 is 0. The molecule has 1 aliphatic carbocycles. The molecule has 0 spiro atoms. The van der Waals surface area contributed by atoms with Crippen LogP contribution in [0.15, 0.2) is 11.6 Å². The van der Waals surface area contributed by atoms with Crippen LogP contribution in [0.25, 0.3) is 0 Å². The molecule has 1 aliphatic rings. The summed E-state index contributed by atoms with van der Waals surface area (Å²) in [5.41, 5.74) is 0.579. The fourth-order valence-corrected chi connectivity index (χ4v) is 6.47. The molecule has 0 heterocycles. The number of ether oxygens (including phenoxy) is 1. The van der Waals surface area contributed by atoms with Crippen LogP contribution in [0.3, 0.4) is 0 Å². The van der Waals surface area contributed by atoms with Crippen molar-refractivity contribution in [2.75, 3.05) is 25.5 Å². The van der Waals surface area contributed by atoms with Gasteiger partial charge in [0.15, 0.2) is 0 Å². The molecule has 5 heteroatoms. The highest BCUT2D eigenvalue weighted by molar-refractivity contribution is 7.59. The zero-order valence-corrected chi connectivity index (χ0v) is 20.2. The maximum atomic E-state index is 13.5. The predicted molar refractivity (Wildman–Crippen MR) is 123 cm³/mol. The smallest absolute Gasteiger partial charge is 0.334 e. The SMILES string of the molecule is CCCCCCCCCCP(=O)(C/C(=C\C1CCCCC1)C(=O)OCC)OCC. The summed E-state index contributed by atoms with van der Waals surface area (Å²) in [6.07, 6.45) is 18.4. The highest BCUT2D eigenvalue weighted by Crippen LogP contribution is 2.49. The fourth-order valence-electron chi connectivity index (χ4n) is 4.17. The maximum Gasteiger partial charge on any atom is 0.334 e. The van der Waals surface area contributed by atoms with Gasteiger partial charge in [-0.3, -0.25) is 4.57 Å². The summed E-state index contributed by atoms with van der Waals surface area (Å²) in [7, 11) is -2.86. The molecule has 0 aromatic carbocycles. The van der Waals surface area contributed by atoms with Gasteiger partial charge in [0.25, 0.3) is 0 Å². The Morgan fingerprint density at radius 1 is 0.897 bits per heavy atom. The van der Waals surface area contributed by atoms with Crippen LogP contribution in [0.4, 0.5) is 0 Å². The van der Waals surface area contributed by atoms with Crippen LogP contribution in [0.1, 0.15) is 104 Å². The Balaban J connectivity index is 2.62. The van der Waals surface area contributed by atoms with Crippen molar-refractivity contribution >= 4 is 13.3 Å². The number of hydrogen-bond acceptors (Lipinski definition) is 4. The molecule has 0 bridgehead atoms. The van der Waals surface area contributed by atoms with E-state index in [1.54, 1.807) is 0 Å². The predicted octanol–water partition coefficient (Wildman–Crippen LogP) is 7.51. The van der Waals surface area contributed by atoms with Crippen molar-refractivity contribution in [3.8, 4) is 0 Å². The minimum Gasteiger partial charge on any atom is -0.463 e. The van der Waals surface area contributed by atoms with Gasteiger partial charge in [0.1, 0.15) is 0 Å². The Kier molecular flexibility index (Phi) is 14.7. The summed E-state index contributed by atoms with van der Waals surface area (Å²) in [6.45, 7) is 6.71. The van der Waals surface area contributed by atoms with E-state index in [0.717, 1.165) is 25.7 Å². The third-order valence-electron chi connectivity index (χ3n) is 5.75. The second-order valence-corrected chi connectivity index (χ2v) is 11.1. The van der Waals surface area contributed by atoms with E-state index in [2.05, 4.69) is 13.0 Å². The first-order valence-electron chi connectivity index (χ1n) is 12.1. The standard InChI is InChI=1S/C24H45O4P/c1-4-7-8-9-10-11-12-16-19-29(26,28-6-3)21-23(24(25)27-5-2)20-22-17-14-13-15-18-22/h20,22H,4-19,21H2,1-3H3/b23-20+. The van der Waals surface area contributed by atoms with Crippen LogP contribution >= 0.6 is 7.37 Å². The molecule has 1 saturated carbocycles. The molecule has 0 saturated heterocycles. The Bertz CT molecular complexity index is 509. The van der Waals surface area contributed by atoms with Crippen LogP contribution in [0, 0.1) is 5.92 Å². The molecule has 0 aliphatic heterocycles. The van der Waals surface area contributed by atoms with Crippen molar-refractivity contribution in [2.24, 2.45) is 5.92 Å². The molecule has 0 N–H and O–H groups in total. The average Bonchev–Trinajstić information content (AvgIpc) is 2.71. The number of carbonyl (C=O) groups excluding carboxylic acids is 1. The number of esters is 1. The number of carbonyl (C=O) groups is 1. The van der Waals surface area contributed by atoms with Gasteiger partial charge in [-0.05, 0) is 39.0 Å².